The summed E-state index contributed by atoms with van der Waals surface area (Å²) in [6.45, 7) is 9.14. The molecule has 0 fully saturated rings. The Morgan fingerprint density at radius 2 is 2.00 bits per heavy atom. The first-order valence-corrected chi connectivity index (χ1v) is 8.17. The van der Waals surface area contributed by atoms with E-state index in [1.165, 1.54) is 0 Å². The van der Waals surface area contributed by atoms with Gasteiger partial charge in [-0.2, -0.15) is 0 Å². The fourth-order valence-electron chi connectivity index (χ4n) is 2.11. The summed E-state index contributed by atoms with van der Waals surface area (Å²) in [6.07, 6.45) is 2.68. The van der Waals surface area contributed by atoms with Gasteiger partial charge in [0.2, 0.25) is 0 Å². The van der Waals surface area contributed by atoms with E-state index < -0.39 is 0 Å². The maximum Gasteiger partial charge on any atom is 0.270 e. The van der Waals surface area contributed by atoms with Gasteiger partial charge in [0.1, 0.15) is 11.5 Å². The molecule has 0 bridgehead atoms. The maximum atomic E-state index is 12.4. The summed E-state index contributed by atoms with van der Waals surface area (Å²) in [5, 5.41) is 6.04. The van der Waals surface area contributed by atoms with Crippen LogP contribution >= 0.6 is 0 Å². The Labute approximate surface area is 143 Å². The van der Waals surface area contributed by atoms with Crippen LogP contribution in [-0.4, -0.2) is 29.0 Å². The van der Waals surface area contributed by atoms with Gasteiger partial charge in [-0.3, -0.25) is 4.79 Å². The summed E-state index contributed by atoms with van der Waals surface area (Å²) in [5.74, 6) is 1.49. The molecule has 1 aromatic carbocycles. The van der Waals surface area contributed by atoms with Crippen LogP contribution in [0.2, 0.25) is 0 Å². The molecule has 0 saturated carbocycles. The Kier molecular flexibility index (Phi) is 6.49. The third-order valence-corrected chi connectivity index (χ3v) is 3.43. The number of aromatic nitrogens is 2. The lowest BCUT2D eigenvalue weighted by Crippen LogP contribution is -2.26. The van der Waals surface area contributed by atoms with Crippen molar-refractivity contribution in [3.8, 4) is 11.4 Å². The minimum Gasteiger partial charge on any atom is -0.366 e. The number of nitrogens with one attached hydrogen (secondary N) is 2. The van der Waals surface area contributed by atoms with E-state index in [1.807, 2.05) is 30.3 Å². The van der Waals surface area contributed by atoms with Crippen molar-refractivity contribution in [2.75, 3.05) is 18.4 Å². The summed E-state index contributed by atoms with van der Waals surface area (Å²) in [4.78, 5) is 21.3. The molecular formula is C19H24N4O. The first-order valence-electron chi connectivity index (χ1n) is 8.17. The molecule has 0 aliphatic heterocycles. The standard InChI is InChI=1S/C19H24N4O/c1-4-11-20-17-13-16(19(24)21-12-10-14(2)3)22-18(23-17)15-8-6-5-7-9-15/h4-9,13-14H,1,10-12H2,2-3H3,(H,21,24)(H,20,22,23). The monoisotopic (exact) mass is 324 g/mol. The topological polar surface area (TPSA) is 66.9 Å². The number of rotatable bonds is 8. The third-order valence-electron chi connectivity index (χ3n) is 3.43. The van der Waals surface area contributed by atoms with Gasteiger partial charge in [0.15, 0.2) is 5.82 Å². The van der Waals surface area contributed by atoms with Crippen LogP contribution in [0.4, 0.5) is 5.82 Å². The summed E-state index contributed by atoms with van der Waals surface area (Å²) >= 11 is 0. The van der Waals surface area contributed by atoms with Crippen LogP contribution in [0.25, 0.3) is 11.4 Å². The smallest absolute Gasteiger partial charge is 0.270 e. The van der Waals surface area contributed by atoms with Gasteiger partial charge >= 0.3 is 0 Å². The predicted octanol–water partition coefficient (Wildman–Crippen LogP) is 3.52. The largest absolute Gasteiger partial charge is 0.366 e. The van der Waals surface area contributed by atoms with Gasteiger partial charge in [-0.05, 0) is 12.3 Å². The fraction of sp³-hybridized carbons (Fsp3) is 0.316. The van der Waals surface area contributed by atoms with Gasteiger partial charge in [0.05, 0.1) is 0 Å². The second-order valence-corrected chi connectivity index (χ2v) is 5.94. The van der Waals surface area contributed by atoms with Crippen molar-refractivity contribution in [2.45, 2.75) is 20.3 Å². The summed E-state index contributed by atoms with van der Waals surface area (Å²) < 4.78 is 0. The lowest BCUT2D eigenvalue weighted by atomic mass is 10.1. The molecule has 0 spiro atoms. The normalized spacial score (nSPS) is 10.5. The molecule has 0 atom stereocenters. The van der Waals surface area contributed by atoms with Gasteiger partial charge in [0, 0.05) is 24.7 Å². The number of anilines is 1. The molecule has 1 amide bonds. The molecule has 0 aliphatic carbocycles. The zero-order chi connectivity index (χ0) is 17.4. The van der Waals surface area contributed by atoms with Gasteiger partial charge in [-0.15, -0.1) is 6.58 Å². The second kappa shape index (κ2) is 8.82. The second-order valence-electron chi connectivity index (χ2n) is 5.94. The fourth-order valence-corrected chi connectivity index (χ4v) is 2.11. The van der Waals surface area contributed by atoms with Crippen molar-refractivity contribution in [3.63, 3.8) is 0 Å². The first-order chi connectivity index (χ1) is 11.6. The van der Waals surface area contributed by atoms with Crippen molar-refractivity contribution in [1.82, 2.24) is 15.3 Å². The Bertz CT molecular complexity index is 683. The van der Waals surface area contributed by atoms with Crippen LogP contribution in [0.15, 0.2) is 49.1 Å². The van der Waals surface area contributed by atoms with E-state index in [0.717, 1.165) is 12.0 Å². The molecule has 24 heavy (non-hydrogen) atoms. The highest BCUT2D eigenvalue weighted by Crippen LogP contribution is 2.17. The third kappa shape index (κ3) is 5.19. The quantitative estimate of drug-likeness (QED) is 0.729. The number of benzene rings is 1. The van der Waals surface area contributed by atoms with Crippen LogP contribution in [0, 0.1) is 5.92 Å². The van der Waals surface area contributed by atoms with E-state index in [4.69, 9.17) is 0 Å². The number of amides is 1. The van der Waals surface area contributed by atoms with Crippen molar-refractivity contribution < 1.29 is 4.79 Å². The van der Waals surface area contributed by atoms with Crippen LogP contribution in [0.3, 0.4) is 0 Å². The van der Waals surface area contributed by atoms with Crippen molar-refractivity contribution >= 4 is 11.7 Å². The van der Waals surface area contributed by atoms with Gasteiger partial charge in [-0.25, -0.2) is 9.97 Å². The summed E-state index contributed by atoms with van der Waals surface area (Å²) in [7, 11) is 0. The van der Waals surface area contributed by atoms with Gasteiger partial charge < -0.3 is 10.6 Å². The predicted molar refractivity (Wildman–Crippen MR) is 97.9 cm³/mol. The average Bonchev–Trinajstić information content (AvgIpc) is 2.60. The Morgan fingerprint density at radius 3 is 2.67 bits per heavy atom. The van der Waals surface area contributed by atoms with Gasteiger partial charge in [0.25, 0.3) is 5.91 Å². The first kappa shape index (κ1) is 17.7. The van der Waals surface area contributed by atoms with E-state index in [0.29, 0.717) is 36.3 Å². The van der Waals surface area contributed by atoms with Crippen LogP contribution in [-0.2, 0) is 0 Å². The number of carbonyl (C=O) groups is 1. The molecule has 1 heterocycles. The molecule has 5 heteroatoms. The zero-order valence-corrected chi connectivity index (χ0v) is 14.2. The molecule has 2 aromatic rings. The number of hydrogen-bond donors (Lipinski definition) is 2. The van der Waals surface area contributed by atoms with E-state index >= 15 is 0 Å². The van der Waals surface area contributed by atoms with E-state index in [9.17, 15) is 4.79 Å². The highest BCUT2D eigenvalue weighted by molar-refractivity contribution is 5.93. The zero-order valence-electron chi connectivity index (χ0n) is 14.2. The molecule has 126 valence electrons. The van der Waals surface area contributed by atoms with Crippen molar-refractivity contribution in [2.24, 2.45) is 5.92 Å². The molecule has 0 saturated heterocycles. The minimum atomic E-state index is -0.183. The van der Waals surface area contributed by atoms with E-state index in [1.54, 1.807) is 12.1 Å². The number of hydrogen-bond acceptors (Lipinski definition) is 4. The number of nitrogens with zero attached hydrogens (tertiary/aromatic N) is 2. The van der Waals surface area contributed by atoms with Gasteiger partial charge in [-0.1, -0.05) is 50.3 Å². The molecule has 0 aliphatic rings. The average molecular weight is 324 g/mol. The van der Waals surface area contributed by atoms with Crippen LogP contribution in [0.5, 0.6) is 0 Å². The molecule has 2 N–H and O–H groups in total. The Balaban J connectivity index is 2.25. The Morgan fingerprint density at radius 1 is 1.25 bits per heavy atom. The van der Waals surface area contributed by atoms with E-state index in [-0.39, 0.29) is 5.91 Å². The number of carbonyl (C=O) groups excluding carboxylic acids is 1. The van der Waals surface area contributed by atoms with Crippen molar-refractivity contribution in [1.29, 1.82) is 0 Å². The maximum absolute atomic E-state index is 12.4. The van der Waals surface area contributed by atoms with Crippen LogP contribution in [0.1, 0.15) is 30.8 Å². The molecule has 0 unspecified atom stereocenters. The molecule has 1 aromatic heterocycles. The Hall–Kier alpha value is -2.69. The lowest BCUT2D eigenvalue weighted by molar-refractivity contribution is 0.0947. The molecule has 0 radical (unpaired) electrons. The minimum absolute atomic E-state index is 0.183. The molecular weight excluding hydrogens is 300 g/mol. The SMILES string of the molecule is C=CCNc1cc(C(=O)NCCC(C)C)nc(-c2ccccc2)n1. The van der Waals surface area contributed by atoms with Crippen molar-refractivity contribution in [3.05, 3.63) is 54.7 Å². The highest BCUT2D eigenvalue weighted by Gasteiger charge is 2.12. The lowest BCUT2D eigenvalue weighted by Gasteiger charge is -2.10. The highest BCUT2D eigenvalue weighted by atomic mass is 16.1. The van der Waals surface area contributed by atoms with Crippen LogP contribution < -0.4 is 10.6 Å². The van der Waals surface area contributed by atoms with E-state index in [2.05, 4.69) is 41.0 Å². The molecule has 2 rings (SSSR count). The summed E-state index contributed by atoms with van der Waals surface area (Å²) in [5.41, 5.74) is 1.23. The summed E-state index contributed by atoms with van der Waals surface area (Å²) in [6, 6.07) is 11.3. The molecule has 5 nitrogen and oxygen atoms in total.